The first-order chi connectivity index (χ1) is 44.4. The van der Waals surface area contributed by atoms with E-state index < -0.39 is 97.5 Å². The molecule has 92 heavy (non-hydrogen) atoms. The molecule has 0 aliphatic rings. The van der Waals surface area contributed by atoms with Crippen molar-refractivity contribution < 1.29 is 80.2 Å². The molecule has 0 aliphatic carbocycles. The van der Waals surface area contributed by atoms with Crippen LogP contribution in [0.2, 0.25) is 0 Å². The molecule has 0 bridgehead atoms. The van der Waals surface area contributed by atoms with Crippen molar-refractivity contribution in [3.05, 3.63) is 0 Å². The summed E-state index contributed by atoms with van der Waals surface area (Å²) >= 11 is 0. The van der Waals surface area contributed by atoms with Gasteiger partial charge < -0.3 is 33.8 Å². The van der Waals surface area contributed by atoms with Crippen LogP contribution in [0.5, 0.6) is 0 Å². The lowest BCUT2D eigenvalue weighted by Crippen LogP contribution is -2.30. The molecule has 0 rings (SSSR count). The molecule has 0 fully saturated rings. The Kier molecular flexibility index (Phi) is 63.7. The molecule has 0 aromatic rings. The Bertz CT molecular complexity index is 1790. The molecule has 17 nitrogen and oxygen atoms in total. The molecule has 0 radical (unpaired) electrons. The van der Waals surface area contributed by atoms with Gasteiger partial charge in [-0.05, 0) is 37.5 Å². The second-order valence-electron chi connectivity index (χ2n) is 27.1. The highest BCUT2D eigenvalue weighted by Gasteiger charge is 2.30. The van der Waals surface area contributed by atoms with Crippen molar-refractivity contribution in [2.24, 2.45) is 11.8 Å². The quantitative estimate of drug-likeness (QED) is 0.0222. The van der Waals surface area contributed by atoms with E-state index in [1.807, 2.05) is 0 Å². The van der Waals surface area contributed by atoms with Crippen molar-refractivity contribution in [3.8, 4) is 0 Å². The molecule has 0 saturated carbocycles. The number of hydrogen-bond acceptors (Lipinski definition) is 15. The minimum Gasteiger partial charge on any atom is -0.462 e. The number of ether oxygens (including phenoxy) is 4. The summed E-state index contributed by atoms with van der Waals surface area (Å²) in [6, 6.07) is 0. The van der Waals surface area contributed by atoms with E-state index in [2.05, 4.69) is 41.5 Å². The van der Waals surface area contributed by atoms with E-state index in [1.54, 1.807) is 0 Å². The van der Waals surface area contributed by atoms with Gasteiger partial charge in [0.1, 0.15) is 19.3 Å². The van der Waals surface area contributed by atoms with Gasteiger partial charge in [-0.15, -0.1) is 0 Å². The summed E-state index contributed by atoms with van der Waals surface area (Å²) in [4.78, 5) is 72.7. The number of phosphoric acid groups is 2. The summed E-state index contributed by atoms with van der Waals surface area (Å²) in [5.74, 6) is -0.646. The van der Waals surface area contributed by atoms with Crippen molar-refractivity contribution in [3.63, 3.8) is 0 Å². The van der Waals surface area contributed by atoms with Crippen LogP contribution in [0.1, 0.15) is 375 Å². The lowest BCUT2D eigenvalue weighted by atomic mass is 9.99. The molecule has 0 aromatic carbocycles. The Hall–Kier alpha value is -1.94. The van der Waals surface area contributed by atoms with Gasteiger partial charge in [0.05, 0.1) is 26.4 Å². The van der Waals surface area contributed by atoms with Gasteiger partial charge in [-0.3, -0.25) is 37.3 Å². The second kappa shape index (κ2) is 65.0. The van der Waals surface area contributed by atoms with Gasteiger partial charge in [0.2, 0.25) is 0 Å². The fourth-order valence-electron chi connectivity index (χ4n) is 11.1. The SMILES string of the molecule is CCCCCCCCCCCCCCCCCCCC(=O)O[C@H](COC(=O)CCCCCCCCCCCCCCC)COP(=O)(O)OC[C@@H](O)COP(=O)(O)OC[C@@H](COC(=O)CCCCCCCCCC(C)C)OC(=O)CCCCCCCCCCC(C)CC. The number of aliphatic hydroxyl groups excluding tert-OH is 1. The Labute approximate surface area is 562 Å². The molecule has 0 saturated heterocycles. The minimum atomic E-state index is -4.95. The van der Waals surface area contributed by atoms with Gasteiger partial charge in [0.25, 0.3) is 0 Å². The maximum Gasteiger partial charge on any atom is 0.472 e. The second-order valence-corrected chi connectivity index (χ2v) is 30.0. The lowest BCUT2D eigenvalue weighted by Gasteiger charge is -2.21. The van der Waals surface area contributed by atoms with Gasteiger partial charge in [-0.1, -0.05) is 324 Å². The number of carbonyl (C=O) groups excluding carboxylic acids is 4. The molecule has 3 unspecified atom stereocenters. The maximum atomic E-state index is 13.1. The van der Waals surface area contributed by atoms with Crippen LogP contribution < -0.4 is 0 Å². The van der Waals surface area contributed by atoms with Crippen molar-refractivity contribution in [1.29, 1.82) is 0 Å². The predicted octanol–water partition coefficient (Wildman–Crippen LogP) is 21.2. The number of phosphoric ester groups is 2. The molecule has 0 amide bonds. The average molecular weight is 1350 g/mol. The number of hydrogen-bond donors (Lipinski definition) is 3. The zero-order valence-corrected chi connectivity index (χ0v) is 61.6. The standard InChI is InChI=1S/C73H142O17P2/c1-7-10-12-14-16-18-20-22-23-24-25-27-29-31-38-45-51-57-72(77)89-68(61-83-70(75)55-49-43-37-30-28-26-21-19-17-15-13-11-8-2)63-87-91(79,80)85-59-67(74)60-86-92(81,82)88-64-69(62-84-71(76)56-50-44-40-34-35-41-47-53-65(4)5)90-73(78)58-52-46-39-33-32-36-42-48-54-66(6)9-3/h65-69,74H,7-64H2,1-6H3,(H,79,80)(H,81,82)/t66?,67-,68-,69-/m1/s1. The lowest BCUT2D eigenvalue weighted by molar-refractivity contribution is -0.161. The highest BCUT2D eigenvalue weighted by atomic mass is 31.2. The van der Waals surface area contributed by atoms with Crippen LogP contribution in [-0.4, -0.2) is 96.7 Å². The van der Waals surface area contributed by atoms with E-state index in [1.165, 1.54) is 186 Å². The van der Waals surface area contributed by atoms with Gasteiger partial charge in [0, 0.05) is 25.7 Å². The van der Waals surface area contributed by atoms with E-state index >= 15 is 0 Å². The Morgan fingerprint density at radius 2 is 0.554 bits per heavy atom. The summed E-state index contributed by atoms with van der Waals surface area (Å²) in [6.45, 7) is 9.52. The molecule has 3 N–H and O–H groups in total. The fraction of sp³-hybridized carbons (Fsp3) is 0.945. The van der Waals surface area contributed by atoms with Crippen LogP contribution in [0, 0.1) is 11.8 Å². The molecular weight excluding hydrogens is 1210 g/mol. The van der Waals surface area contributed by atoms with Crippen LogP contribution in [-0.2, 0) is 65.4 Å². The topological polar surface area (TPSA) is 237 Å². The summed E-state index contributed by atoms with van der Waals surface area (Å²) in [5, 5.41) is 10.6. The minimum absolute atomic E-state index is 0.104. The zero-order chi connectivity index (χ0) is 67.9. The highest BCUT2D eigenvalue weighted by molar-refractivity contribution is 7.47. The summed E-state index contributed by atoms with van der Waals surface area (Å²) in [5.41, 5.74) is 0. The van der Waals surface area contributed by atoms with Crippen molar-refractivity contribution >= 4 is 39.5 Å². The number of rotatable bonds is 72. The zero-order valence-electron chi connectivity index (χ0n) is 59.9. The fourth-order valence-corrected chi connectivity index (χ4v) is 12.7. The summed E-state index contributed by atoms with van der Waals surface area (Å²) in [7, 11) is -9.91. The van der Waals surface area contributed by atoms with Gasteiger partial charge in [-0.25, -0.2) is 9.13 Å². The number of aliphatic hydroxyl groups is 1. The Morgan fingerprint density at radius 1 is 0.315 bits per heavy atom. The molecular formula is C73H142O17P2. The molecule has 19 heteroatoms. The van der Waals surface area contributed by atoms with E-state index in [9.17, 15) is 43.2 Å². The van der Waals surface area contributed by atoms with Gasteiger partial charge >= 0.3 is 39.5 Å². The summed E-state index contributed by atoms with van der Waals surface area (Å²) in [6.07, 6.45) is 51.3. The van der Waals surface area contributed by atoms with Crippen LogP contribution >= 0.6 is 15.6 Å². The largest absolute Gasteiger partial charge is 0.472 e. The first-order valence-corrected chi connectivity index (χ1v) is 41.0. The van der Waals surface area contributed by atoms with Crippen molar-refractivity contribution in [2.75, 3.05) is 39.6 Å². The first kappa shape index (κ1) is 90.1. The van der Waals surface area contributed by atoms with E-state index in [0.717, 1.165) is 102 Å². The predicted molar refractivity (Wildman–Crippen MR) is 372 cm³/mol. The third-order valence-electron chi connectivity index (χ3n) is 17.3. The summed E-state index contributed by atoms with van der Waals surface area (Å²) < 4.78 is 68.4. The molecule has 0 heterocycles. The average Bonchev–Trinajstić information content (AvgIpc) is 1.80. The third-order valence-corrected chi connectivity index (χ3v) is 19.2. The number of carbonyl (C=O) groups is 4. The van der Waals surface area contributed by atoms with Crippen molar-refractivity contribution in [1.82, 2.24) is 0 Å². The van der Waals surface area contributed by atoms with Gasteiger partial charge in [-0.2, -0.15) is 0 Å². The van der Waals surface area contributed by atoms with Crippen LogP contribution in [0.4, 0.5) is 0 Å². The number of unbranched alkanes of at least 4 members (excludes halogenated alkanes) is 41. The van der Waals surface area contributed by atoms with Crippen LogP contribution in [0.3, 0.4) is 0 Å². The van der Waals surface area contributed by atoms with E-state index in [-0.39, 0.29) is 25.7 Å². The Morgan fingerprint density at radius 3 is 0.826 bits per heavy atom. The molecule has 546 valence electrons. The third kappa shape index (κ3) is 65.4. The maximum absolute atomic E-state index is 13.1. The highest BCUT2D eigenvalue weighted by Crippen LogP contribution is 2.45. The van der Waals surface area contributed by atoms with E-state index in [0.29, 0.717) is 31.6 Å². The normalized spacial score (nSPS) is 14.4. The smallest absolute Gasteiger partial charge is 0.462 e. The van der Waals surface area contributed by atoms with Gasteiger partial charge in [0.15, 0.2) is 12.2 Å². The van der Waals surface area contributed by atoms with Crippen molar-refractivity contribution in [2.45, 2.75) is 394 Å². The molecule has 0 aromatic heterocycles. The first-order valence-electron chi connectivity index (χ1n) is 38.0. The Balaban J connectivity index is 5.25. The van der Waals surface area contributed by atoms with Crippen LogP contribution in [0.25, 0.3) is 0 Å². The number of esters is 4. The molecule has 6 atom stereocenters. The molecule has 0 aliphatic heterocycles. The molecule has 0 spiro atoms. The van der Waals surface area contributed by atoms with Crippen LogP contribution in [0.15, 0.2) is 0 Å². The van der Waals surface area contributed by atoms with E-state index in [4.69, 9.17) is 37.0 Å². The monoisotopic (exact) mass is 1350 g/mol.